The van der Waals surface area contributed by atoms with Gasteiger partial charge in [-0.2, -0.15) is 0 Å². The molecule has 0 aliphatic carbocycles. The largest absolute Gasteiger partial charge is 0.484 e. The lowest BCUT2D eigenvalue weighted by Gasteiger charge is -2.18. The molecule has 0 fully saturated rings. The second-order valence-electron chi connectivity index (χ2n) is 10.8. The van der Waals surface area contributed by atoms with Crippen LogP contribution in [0.5, 0.6) is 5.75 Å². The molecule has 0 unspecified atom stereocenters. The first-order chi connectivity index (χ1) is 23.5. The Morgan fingerprint density at radius 3 is 1.76 bits per heavy atom. The second kappa shape index (κ2) is 17.3. The van der Waals surface area contributed by atoms with Crippen molar-refractivity contribution in [3.63, 3.8) is 0 Å². The zero-order chi connectivity index (χ0) is 37.1. The van der Waals surface area contributed by atoms with E-state index in [0.29, 0.717) is 5.75 Å². The van der Waals surface area contributed by atoms with Gasteiger partial charge in [-0.1, -0.05) is 18.2 Å². The van der Waals surface area contributed by atoms with E-state index in [0.717, 1.165) is 47.5 Å². The van der Waals surface area contributed by atoms with Gasteiger partial charge in [-0.3, -0.25) is 29.8 Å². The van der Waals surface area contributed by atoms with Crippen LogP contribution in [0.4, 0.5) is 11.4 Å². The van der Waals surface area contributed by atoms with Gasteiger partial charge in [0.2, 0.25) is 0 Å². The van der Waals surface area contributed by atoms with E-state index in [1.165, 1.54) is 12.1 Å². The normalized spacial score (nSPS) is 12.0. The molecule has 0 heterocycles. The number of sulfone groups is 2. The number of ether oxygens (including phenoxy) is 3. The van der Waals surface area contributed by atoms with Crippen molar-refractivity contribution in [2.75, 3.05) is 31.3 Å². The van der Waals surface area contributed by atoms with Gasteiger partial charge in [0.05, 0.1) is 31.1 Å². The molecule has 3 rings (SSSR count). The zero-order valence-corrected chi connectivity index (χ0v) is 28.4. The van der Waals surface area contributed by atoms with E-state index in [9.17, 15) is 51.4 Å². The summed E-state index contributed by atoms with van der Waals surface area (Å²) in [6, 6.07) is 12.4. The highest BCUT2D eigenvalue weighted by atomic mass is 32.2. The average Bonchev–Trinajstić information content (AvgIpc) is 3.05. The first-order valence-corrected chi connectivity index (χ1v) is 18.0. The van der Waals surface area contributed by atoms with Crippen LogP contribution in [0.3, 0.4) is 0 Å². The van der Waals surface area contributed by atoms with E-state index in [1.807, 2.05) is 19.9 Å². The summed E-state index contributed by atoms with van der Waals surface area (Å²) in [4.78, 5) is 57.9. The maximum Gasteiger partial charge on any atom is 0.328 e. The van der Waals surface area contributed by atoms with Crippen molar-refractivity contribution < 1.29 is 55.3 Å². The summed E-state index contributed by atoms with van der Waals surface area (Å²) in [6.45, 7) is 1.80. The zero-order valence-electron chi connectivity index (χ0n) is 26.8. The topological polar surface area (TPSA) is 245 Å². The van der Waals surface area contributed by atoms with E-state index in [1.54, 1.807) is 12.1 Å². The first kappa shape index (κ1) is 39.0. The Morgan fingerprint density at radius 2 is 1.26 bits per heavy atom. The fourth-order valence-corrected chi connectivity index (χ4v) is 6.67. The minimum atomic E-state index is -4.13. The highest BCUT2D eigenvalue weighted by Crippen LogP contribution is 2.20. The van der Waals surface area contributed by atoms with Crippen molar-refractivity contribution in [2.45, 2.75) is 42.5 Å². The average molecular weight is 736 g/mol. The van der Waals surface area contributed by atoms with Crippen LogP contribution in [-0.4, -0.2) is 81.9 Å². The van der Waals surface area contributed by atoms with E-state index >= 15 is 0 Å². The van der Waals surface area contributed by atoms with E-state index < -0.39 is 109 Å². The predicted molar refractivity (Wildman–Crippen MR) is 175 cm³/mol. The maximum atomic E-state index is 13.0. The van der Waals surface area contributed by atoms with Gasteiger partial charge in [0, 0.05) is 30.7 Å². The Balaban J connectivity index is 1.62. The third kappa shape index (κ3) is 11.9. The van der Waals surface area contributed by atoms with Crippen molar-refractivity contribution in [1.82, 2.24) is 5.32 Å². The Hall–Kier alpha value is -5.43. The SMILES string of the molecule is Cc1cc(C)cc(OCC(=O)N[C@@H](CCC(=O)OCCS(=O)(=O)c2cccc([N+](=O)[O-])c2)C(=O)OCCS(=O)(=O)c2cccc([N+](=O)[O-])c2)c1. The van der Waals surface area contributed by atoms with Gasteiger partial charge in [-0.25, -0.2) is 21.6 Å². The highest BCUT2D eigenvalue weighted by molar-refractivity contribution is 7.91. The summed E-state index contributed by atoms with van der Waals surface area (Å²) in [5.74, 6) is -3.92. The molecule has 0 radical (unpaired) electrons. The molecule has 0 spiro atoms. The number of benzene rings is 3. The highest BCUT2D eigenvalue weighted by Gasteiger charge is 2.26. The summed E-state index contributed by atoms with van der Waals surface area (Å²) in [5, 5.41) is 24.4. The Bertz CT molecular complexity index is 1960. The Kier molecular flexibility index (Phi) is 13.5. The molecule has 268 valence electrons. The van der Waals surface area contributed by atoms with Gasteiger partial charge in [0.15, 0.2) is 26.3 Å². The van der Waals surface area contributed by atoms with Crippen LogP contribution in [0.15, 0.2) is 76.5 Å². The monoisotopic (exact) mass is 735 g/mol. The number of nitro groups is 2. The number of nitrogens with one attached hydrogen (secondary N) is 1. The summed E-state index contributed by atoms with van der Waals surface area (Å²) >= 11 is 0. The van der Waals surface area contributed by atoms with E-state index in [4.69, 9.17) is 14.2 Å². The molecule has 0 aliphatic rings. The molecule has 0 bridgehead atoms. The van der Waals surface area contributed by atoms with E-state index in [2.05, 4.69) is 5.32 Å². The lowest BCUT2D eigenvalue weighted by molar-refractivity contribution is -0.385. The quantitative estimate of drug-likeness (QED) is 0.112. The third-order valence-corrected chi connectivity index (χ3v) is 10.2. The summed E-state index contributed by atoms with van der Waals surface area (Å²) in [5.41, 5.74) is 0.850. The van der Waals surface area contributed by atoms with Crippen molar-refractivity contribution >= 4 is 48.9 Å². The molecule has 1 atom stereocenters. The van der Waals surface area contributed by atoms with Crippen LogP contribution in [0.2, 0.25) is 0 Å². The van der Waals surface area contributed by atoms with Crippen molar-refractivity contribution in [3.05, 3.63) is 98.1 Å². The van der Waals surface area contributed by atoms with Gasteiger partial charge in [-0.05, 0) is 55.7 Å². The molecular formula is C31H33N3O14S2. The molecule has 0 aromatic heterocycles. The van der Waals surface area contributed by atoms with Crippen LogP contribution in [-0.2, 0) is 43.5 Å². The number of carbonyl (C=O) groups is 3. The number of aryl methyl sites for hydroxylation is 2. The predicted octanol–water partition coefficient (Wildman–Crippen LogP) is 2.80. The van der Waals surface area contributed by atoms with Crippen molar-refractivity contribution in [2.24, 2.45) is 0 Å². The number of non-ortho nitro benzene ring substituents is 2. The summed E-state index contributed by atoms with van der Waals surface area (Å²) in [7, 11) is -8.19. The molecule has 0 saturated heterocycles. The molecule has 19 heteroatoms. The first-order valence-electron chi connectivity index (χ1n) is 14.7. The lowest BCUT2D eigenvalue weighted by Crippen LogP contribution is -2.44. The molecule has 3 aromatic carbocycles. The number of amides is 1. The molecule has 50 heavy (non-hydrogen) atoms. The molecular weight excluding hydrogens is 702 g/mol. The van der Waals surface area contributed by atoms with Crippen LogP contribution in [0.1, 0.15) is 24.0 Å². The van der Waals surface area contributed by atoms with Crippen LogP contribution >= 0.6 is 0 Å². The van der Waals surface area contributed by atoms with Crippen molar-refractivity contribution in [1.29, 1.82) is 0 Å². The second-order valence-corrected chi connectivity index (χ2v) is 15.0. The minimum Gasteiger partial charge on any atom is -0.484 e. The van der Waals surface area contributed by atoms with Gasteiger partial charge in [-0.15, -0.1) is 0 Å². The number of esters is 2. The van der Waals surface area contributed by atoms with Crippen LogP contribution in [0.25, 0.3) is 0 Å². The number of nitro benzene ring substituents is 2. The van der Waals surface area contributed by atoms with Gasteiger partial charge in [0.1, 0.15) is 25.0 Å². The molecule has 3 aromatic rings. The number of nitrogens with zero attached hydrogens (tertiary/aromatic N) is 2. The minimum absolute atomic E-state index is 0.344. The van der Waals surface area contributed by atoms with Gasteiger partial charge < -0.3 is 19.5 Å². The number of rotatable bonds is 18. The van der Waals surface area contributed by atoms with Crippen LogP contribution < -0.4 is 10.1 Å². The molecule has 17 nitrogen and oxygen atoms in total. The Labute approximate surface area is 286 Å². The number of carbonyl (C=O) groups excluding carboxylic acids is 3. The summed E-state index contributed by atoms with van der Waals surface area (Å²) in [6.07, 6.45) is -0.914. The lowest BCUT2D eigenvalue weighted by atomic mass is 10.1. The molecule has 0 saturated carbocycles. The fraction of sp³-hybridized carbons (Fsp3) is 0.323. The third-order valence-electron chi connectivity index (χ3n) is 6.81. The van der Waals surface area contributed by atoms with E-state index in [-0.39, 0.29) is 9.79 Å². The van der Waals surface area contributed by atoms with Crippen molar-refractivity contribution in [3.8, 4) is 5.75 Å². The summed E-state index contributed by atoms with van der Waals surface area (Å²) < 4.78 is 66.1. The fourth-order valence-electron chi connectivity index (χ4n) is 4.42. The van der Waals surface area contributed by atoms with Gasteiger partial charge >= 0.3 is 11.9 Å². The Morgan fingerprint density at radius 1 is 0.760 bits per heavy atom. The molecule has 1 N–H and O–H groups in total. The standard InChI is InChI=1S/C31H33N3O14S2/c1-21-15-22(2)17-25(16-21)48-20-29(35)32-28(31(37)47-12-14-50(44,45)27-8-4-6-24(19-27)34(40)41)9-10-30(36)46-11-13-49(42,43)26-7-3-5-23(18-26)33(38)39/h3-8,15-19,28H,9-14,20H2,1-2H3,(H,32,35)/t28-/m0/s1. The molecule has 1 amide bonds. The number of hydrogen-bond donors (Lipinski definition) is 1. The van der Waals surface area contributed by atoms with Gasteiger partial charge in [0.25, 0.3) is 17.3 Å². The maximum absolute atomic E-state index is 13.0. The van der Waals surface area contributed by atoms with Crippen LogP contribution in [0, 0.1) is 34.1 Å². The number of hydrogen-bond acceptors (Lipinski definition) is 14. The molecule has 0 aliphatic heterocycles. The smallest absolute Gasteiger partial charge is 0.328 e.